The maximum absolute atomic E-state index is 4.70. The molecular weight excluding hydrogens is 272 g/mol. The van der Waals surface area contributed by atoms with Crippen molar-refractivity contribution in [1.29, 1.82) is 0 Å². The van der Waals surface area contributed by atoms with Crippen LogP contribution in [-0.4, -0.2) is 32.9 Å². The second-order valence-electron chi connectivity index (χ2n) is 6.39. The van der Waals surface area contributed by atoms with E-state index < -0.39 is 0 Å². The first-order valence-electron chi connectivity index (χ1n) is 8.40. The zero-order chi connectivity index (χ0) is 15.4. The van der Waals surface area contributed by atoms with E-state index in [4.69, 9.17) is 4.98 Å². The summed E-state index contributed by atoms with van der Waals surface area (Å²) in [5.41, 5.74) is 3.88. The third-order valence-electron chi connectivity index (χ3n) is 4.72. The number of likely N-dealkylation sites (tertiary alicyclic amines) is 1. The highest BCUT2D eigenvalue weighted by Crippen LogP contribution is 2.23. The summed E-state index contributed by atoms with van der Waals surface area (Å²) >= 11 is 0. The van der Waals surface area contributed by atoms with Gasteiger partial charge in [0.1, 0.15) is 5.82 Å². The van der Waals surface area contributed by atoms with Crippen LogP contribution in [0.4, 0.5) is 0 Å². The van der Waals surface area contributed by atoms with Crippen molar-refractivity contribution < 1.29 is 0 Å². The summed E-state index contributed by atoms with van der Waals surface area (Å²) in [6, 6.07) is 4.29. The van der Waals surface area contributed by atoms with Gasteiger partial charge in [-0.2, -0.15) is 0 Å². The van der Waals surface area contributed by atoms with E-state index >= 15 is 0 Å². The van der Waals surface area contributed by atoms with Crippen LogP contribution < -0.4 is 0 Å². The molecule has 0 radical (unpaired) electrons. The molecule has 0 aromatic carbocycles. The van der Waals surface area contributed by atoms with Gasteiger partial charge in [-0.25, -0.2) is 4.98 Å². The lowest BCUT2D eigenvalue weighted by molar-refractivity contribution is 0.175. The largest absolute Gasteiger partial charge is 0.346 e. The monoisotopic (exact) mass is 298 g/mol. The molecule has 1 aliphatic heterocycles. The van der Waals surface area contributed by atoms with E-state index in [0.717, 1.165) is 24.7 Å². The van der Waals surface area contributed by atoms with Crippen LogP contribution in [0.15, 0.2) is 24.5 Å². The topological polar surface area (TPSA) is 44.8 Å². The van der Waals surface area contributed by atoms with Gasteiger partial charge in [-0.15, -0.1) is 0 Å². The highest BCUT2D eigenvalue weighted by atomic mass is 15.1. The quantitative estimate of drug-likeness (QED) is 0.922. The first kappa shape index (κ1) is 15.2. The normalized spacial score (nSPS) is 17.0. The Balaban J connectivity index is 1.50. The van der Waals surface area contributed by atoms with E-state index in [1.807, 2.05) is 12.4 Å². The molecule has 1 saturated heterocycles. The average Bonchev–Trinajstić information content (AvgIpc) is 2.90. The molecule has 0 amide bonds. The summed E-state index contributed by atoms with van der Waals surface area (Å²) in [4.78, 5) is 14.7. The van der Waals surface area contributed by atoms with Crippen molar-refractivity contribution in [2.24, 2.45) is 5.92 Å². The van der Waals surface area contributed by atoms with Crippen LogP contribution in [0, 0.1) is 12.8 Å². The predicted molar refractivity (Wildman–Crippen MR) is 88.6 cm³/mol. The molecule has 22 heavy (non-hydrogen) atoms. The lowest BCUT2D eigenvalue weighted by Gasteiger charge is -2.31. The summed E-state index contributed by atoms with van der Waals surface area (Å²) in [6.07, 6.45) is 8.54. The molecule has 4 nitrogen and oxygen atoms in total. The van der Waals surface area contributed by atoms with Gasteiger partial charge in [0, 0.05) is 31.1 Å². The van der Waals surface area contributed by atoms with E-state index in [1.165, 1.54) is 49.3 Å². The number of imidazole rings is 1. The third kappa shape index (κ3) is 3.74. The second-order valence-corrected chi connectivity index (χ2v) is 6.39. The zero-order valence-corrected chi connectivity index (χ0v) is 13.7. The number of nitrogens with zero attached hydrogens (tertiary/aromatic N) is 3. The highest BCUT2D eigenvalue weighted by Gasteiger charge is 2.20. The molecule has 1 N–H and O–H groups in total. The number of H-pyrrole nitrogens is 1. The molecule has 0 saturated carbocycles. The maximum Gasteiger partial charge on any atom is 0.106 e. The van der Waals surface area contributed by atoms with Gasteiger partial charge in [0.25, 0.3) is 0 Å². The lowest BCUT2D eigenvalue weighted by Crippen LogP contribution is -2.34. The smallest absolute Gasteiger partial charge is 0.106 e. The Morgan fingerprint density at radius 2 is 1.95 bits per heavy atom. The number of rotatable bonds is 5. The minimum absolute atomic E-state index is 0.810. The van der Waals surface area contributed by atoms with Gasteiger partial charge in [-0.05, 0) is 62.9 Å². The highest BCUT2D eigenvalue weighted by molar-refractivity contribution is 5.13. The Bertz CT molecular complexity index is 582. The number of nitrogens with one attached hydrogen (secondary N) is 1. The van der Waals surface area contributed by atoms with Gasteiger partial charge in [0.15, 0.2) is 0 Å². The Morgan fingerprint density at radius 1 is 1.23 bits per heavy atom. The van der Waals surface area contributed by atoms with Crippen molar-refractivity contribution in [3.05, 3.63) is 47.3 Å². The number of aryl methyl sites for hydroxylation is 2. The van der Waals surface area contributed by atoms with E-state index in [0.29, 0.717) is 0 Å². The maximum atomic E-state index is 4.70. The average molecular weight is 298 g/mol. The Hall–Kier alpha value is -1.68. The zero-order valence-electron chi connectivity index (χ0n) is 13.7. The van der Waals surface area contributed by atoms with Gasteiger partial charge in [0.2, 0.25) is 0 Å². The SMILES string of the molecule is CCc1nc(CN2CCC(Cc3ccncc3)CC2)c(C)[nH]1. The molecule has 118 valence electrons. The number of pyridine rings is 1. The first-order valence-corrected chi connectivity index (χ1v) is 8.40. The Morgan fingerprint density at radius 3 is 2.59 bits per heavy atom. The van der Waals surface area contributed by atoms with Crippen LogP contribution in [0.5, 0.6) is 0 Å². The molecule has 0 spiro atoms. The summed E-state index contributed by atoms with van der Waals surface area (Å²) in [7, 11) is 0. The lowest BCUT2D eigenvalue weighted by atomic mass is 9.90. The summed E-state index contributed by atoms with van der Waals surface area (Å²) in [6.45, 7) is 7.64. The Labute approximate surface area is 133 Å². The number of piperidine rings is 1. The van der Waals surface area contributed by atoms with Gasteiger partial charge in [-0.3, -0.25) is 9.88 Å². The number of hydrogen-bond acceptors (Lipinski definition) is 3. The molecule has 2 aromatic rings. The fourth-order valence-corrected chi connectivity index (χ4v) is 3.30. The van der Waals surface area contributed by atoms with Gasteiger partial charge in [0.05, 0.1) is 5.69 Å². The third-order valence-corrected chi connectivity index (χ3v) is 4.72. The van der Waals surface area contributed by atoms with Gasteiger partial charge >= 0.3 is 0 Å². The fourth-order valence-electron chi connectivity index (χ4n) is 3.30. The van der Waals surface area contributed by atoms with Crippen LogP contribution in [0.25, 0.3) is 0 Å². The van der Waals surface area contributed by atoms with Crippen LogP contribution in [0.3, 0.4) is 0 Å². The molecular formula is C18H26N4. The molecule has 0 unspecified atom stereocenters. The van der Waals surface area contributed by atoms with Crippen molar-refractivity contribution in [2.75, 3.05) is 13.1 Å². The first-order chi connectivity index (χ1) is 10.7. The van der Waals surface area contributed by atoms with Crippen molar-refractivity contribution in [3.63, 3.8) is 0 Å². The summed E-state index contributed by atoms with van der Waals surface area (Å²) < 4.78 is 0. The van der Waals surface area contributed by atoms with Gasteiger partial charge in [-0.1, -0.05) is 6.92 Å². The second kappa shape index (κ2) is 7.05. The molecule has 2 aromatic heterocycles. The number of hydrogen-bond donors (Lipinski definition) is 1. The van der Waals surface area contributed by atoms with E-state index in [2.05, 4.69) is 40.8 Å². The van der Waals surface area contributed by atoms with Crippen LogP contribution in [-0.2, 0) is 19.4 Å². The standard InChI is InChI=1S/C18H26N4/c1-3-18-20-14(2)17(21-18)13-22-10-6-16(7-11-22)12-15-4-8-19-9-5-15/h4-5,8-9,16H,3,6-7,10-13H2,1-2H3,(H,20,21). The molecule has 3 rings (SSSR count). The number of aromatic nitrogens is 3. The minimum atomic E-state index is 0.810. The van der Waals surface area contributed by atoms with Crippen LogP contribution in [0.2, 0.25) is 0 Å². The molecule has 3 heterocycles. The van der Waals surface area contributed by atoms with E-state index in [1.54, 1.807) is 0 Å². The van der Waals surface area contributed by atoms with Crippen molar-refractivity contribution in [1.82, 2.24) is 19.9 Å². The van der Waals surface area contributed by atoms with Crippen LogP contribution >= 0.6 is 0 Å². The van der Waals surface area contributed by atoms with Crippen molar-refractivity contribution in [3.8, 4) is 0 Å². The molecule has 0 atom stereocenters. The minimum Gasteiger partial charge on any atom is -0.346 e. The molecule has 1 aliphatic rings. The van der Waals surface area contributed by atoms with E-state index in [-0.39, 0.29) is 0 Å². The Kier molecular flexibility index (Phi) is 4.88. The summed E-state index contributed by atoms with van der Waals surface area (Å²) in [5, 5.41) is 0. The summed E-state index contributed by atoms with van der Waals surface area (Å²) in [5.74, 6) is 1.92. The predicted octanol–water partition coefficient (Wildman–Crippen LogP) is 3.13. The number of aromatic amines is 1. The van der Waals surface area contributed by atoms with E-state index in [9.17, 15) is 0 Å². The van der Waals surface area contributed by atoms with Crippen molar-refractivity contribution in [2.45, 2.75) is 46.1 Å². The molecule has 0 bridgehead atoms. The molecule has 1 fully saturated rings. The van der Waals surface area contributed by atoms with Gasteiger partial charge < -0.3 is 4.98 Å². The molecule has 0 aliphatic carbocycles. The van der Waals surface area contributed by atoms with Crippen LogP contribution in [0.1, 0.15) is 42.5 Å². The molecule has 4 heteroatoms. The fraction of sp³-hybridized carbons (Fsp3) is 0.556. The van der Waals surface area contributed by atoms with Crippen molar-refractivity contribution >= 4 is 0 Å².